The summed E-state index contributed by atoms with van der Waals surface area (Å²) in [7, 11) is 1.60. The molecule has 86 valence electrons. The molecule has 0 radical (unpaired) electrons. The van der Waals surface area contributed by atoms with Gasteiger partial charge in [0.2, 0.25) is 0 Å². The lowest BCUT2D eigenvalue weighted by atomic mass is 10.1. The number of hydrogen-bond donors (Lipinski definition) is 0. The van der Waals surface area contributed by atoms with Crippen molar-refractivity contribution in [3.05, 3.63) is 41.7 Å². The van der Waals surface area contributed by atoms with Crippen molar-refractivity contribution in [3.63, 3.8) is 0 Å². The summed E-state index contributed by atoms with van der Waals surface area (Å²) < 4.78 is 5.29. The highest BCUT2D eigenvalue weighted by atomic mass is 16.5. The Morgan fingerprint density at radius 1 is 1.29 bits per heavy atom. The van der Waals surface area contributed by atoms with Gasteiger partial charge in [0.15, 0.2) is 12.1 Å². The molecule has 0 bridgehead atoms. The molecule has 0 aliphatic carbocycles. The maximum atomic E-state index is 10.7. The Hall–Kier alpha value is -2.23. The Morgan fingerprint density at radius 2 is 2.12 bits per heavy atom. The first-order chi connectivity index (χ1) is 8.24. The summed E-state index contributed by atoms with van der Waals surface area (Å²) in [6.07, 6.45) is 2.26. The zero-order valence-corrected chi connectivity index (χ0v) is 9.68. The van der Waals surface area contributed by atoms with Crippen molar-refractivity contribution in [1.82, 2.24) is 9.97 Å². The molecule has 1 heterocycles. The molecule has 0 amide bonds. The molecule has 2 aromatic rings. The number of carbonyl (C=O) groups excluding carboxylic acids is 1. The highest BCUT2D eigenvalue weighted by Gasteiger charge is 2.09. The average Bonchev–Trinajstić information content (AvgIpc) is 2.38. The van der Waals surface area contributed by atoms with Gasteiger partial charge in [0.05, 0.1) is 12.7 Å². The third-order valence-corrected chi connectivity index (χ3v) is 2.40. The van der Waals surface area contributed by atoms with E-state index in [9.17, 15) is 4.79 Å². The number of aromatic nitrogens is 2. The summed E-state index contributed by atoms with van der Waals surface area (Å²) in [4.78, 5) is 19.0. The summed E-state index contributed by atoms with van der Waals surface area (Å²) in [5, 5.41) is 0. The normalized spacial score (nSPS) is 10.0. The van der Waals surface area contributed by atoms with Crippen molar-refractivity contribution in [2.45, 2.75) is 6.92 Å². The maximum Gasteiger partial charge on any atom is 0.168 e. The monoisotopic (exact) mass is 228 g/mol. The third kappa shape index (κ3) is 2.30. The predicted octanol–water partition coefficient (Wildman–Crippen LogP) is 2.27. The van der Waals surface area contributed by atoms with Gasteiger partial charge in [0.25, 0.3) is 0 Å². The Bertz CT molecular complexity index is 553. The van der Waals surface area contributed by atoms with Gasteiger partial charge in [-0.05, 0) is 30.7 Å². The second-order valence-corrected chi connectivity index (χ2v) is 3.63. The molecule has 0 unspecified atom stereocenters. The zero-order chi connectivity index (χ0) is 12.3. The van der Waals surface area contributed by atoms with Crippen LogP contribution in [0.25, 0.3) is 11.4 Å². The average molecular weight is 228 g/mol. The van der Waals surface area contributed by atoms with Crippen LogP contribution in [-0.2, 0) is 0 Å². The molecule has 0 spiro atoms. The van der Waals surface area contributed by atoms with E-state index in [0.717, 1.165) is 11.1 Å². The topological polar surface area (TPSA) is 52.1 Å². The fourth-order valence-corrected chi connectivity index (χ4v) is 1.55. The van der Waals surface area contributed by atoms with E-state index >= 15 is 0 Å². The van der Waals surface area contributed by atoms with Crippen LogP contribution in [0.15, 0.2) is 30.5 Å². The largest absolute Gasteiger partial charge is 0.496 e. The third-order valence-electron chi connectivity index (χ3n) is 2.40. The van der Waals surface area contributed by atoms with Gasteiger partial charge >= 0.3 is 0 Å². The van der Waals surface area contributed by atoms with Crippen LogP contribution in [0, 0.1) is 6.92 Å². The smallest absolute Gasteiger partial charge is 0.168 e. The quantitative estimate of drug-likeness (QED) is 0.756. The van der Waals surface area contributed by atoms with Crippen LogP contribution in [0.4, 0.5) is 0 Å². The second-order valence-electron chi connectivity index (χ2n) is 3.63. The lowest BCUT2D eigenvalue weighted by Gasteiger charge is -2.08. The van der Waals surface area contributed by atoms with E-state index in [2.05, 4.69) is 9.97 Å². The lowest BCUT2D eigenvalue weighted by molar-refractivity contribution is 0.111. The molecule has 0 fully saturated rings. The number of hydrogen-bond acceptors (Lipinski definition) is 4. The number of ether oxygens (including phenoxy) is 1. The molecule has 1 aromatic carbocycles. The van der Waals surface area contributed by atoms with Gasteiger partial charge in [-0.25, -0.2) is 9.97 Å². The molecular weight excluding hydrogens is 216 g/mol. The number of nitrogens with zero attached hydrogens (tertiary/aromatic N) is 2. The van der Waals surface area contributed by atoms with Crippen molar-refractivity contribution in [2.24, 2.45) is 0 Å². The minimum absolute atomic E-state index is 0.359. The van der Waals surface area contributed by atoms with Gasteiger partial charge in [0.1, 0.15) is 11.4 Å². The van der Waals surface area contributed by atoms with E-state index in [4.69, 9.17) is 4.74 Å². The fourth-order valence-electron chi connectivity index (χ4n) is 1.55. The molecule has 0 saturated heterocycles. The lowest BCUT2D eigenvalue weighted by Crippen LogP contribution is -1.96. The molecule has 0 aliphatic rings. The van der Waals surface area contributed by atoms with E-state index in [1.165, 1.54) is 0 Å². The van der Waals surface area contributed by atoms with Gasteiger partial charge in [-0.3, -0.25) is 4.79 Å². The minimum atomic E-state index is 0.359. The van der Waals surface area contributed by atoms with E-state index < -0.39 is 0 Å². The van der Waals surface area contributed by atoms with Gasteiger partial charge in [-0.15, -0.1) is 0 Å². The second kappa shape index (κ2) is 4.74. The number of aryl methyl sites for hydroxylation is 1. The van der Waals surface area contributed by atoms with E-state index in [0.29, 0.717) is 23.6 Å². The van der Waals surface area contributed by atoms with Crippen LogP contribution >= 0.6 is 0 Å². The highest BCUT2D eigenvalue weighted by molar-refractivity contribution is 5.73. The van der Waals surface area contributed by atoms with Crippen molar-refractivity contribution in [1.29, 1.82) is 0 Å². The number of aldehydes is 1. The first-order valence-electron chi connectivity index (χ1n) is 5.18. The van der Waals surface area contributed by atoms with Gasteiger partial charge in [-0.1, -0.05) is 6.07 Å². The van der Waals surface area contributed by atoms with Gasteiger partial charge in [-0.2, -0.15) is 0 Å². The molecule has 4 heteroatoms. The Morgan fingerprint density at radius 3 is 2.82 bits per heavy atom. The molecule has 0 saturated carbocycles. The van der Waals surface area contributed by atoms with Crippen LogP contribution in [0.2, 0.25) is 0 Å². The first-order valence-corrected chi connectivity index (χ1v) is 5.18. The number of benzene rings is 1. The fraction of sp³-hybridized carbons (Fsp3) is 0.154. The highest BCUT2D eigenvalue weighted by Crippen LogP contribution is 2.27. The summed E-state index contributed by atoms with van der Waals surface area (Å²) >= 11 is 0. The van der Waals surface area contributed by atoms with Crippen LogP contribution < -0.4 is 4.74 Å². The summed E-state index contributed by atoms with van der Waals surface area (Å²) in [5.41, 5.74) is 2.23. The van der Waals surface area contributed by atoms with Gasteiger partial charge < -0.3 is 4.74 Å². The summed E-state index contributed by atoms with van der Waals surface area (Å²) in [6.45, 7) is 1.98. The molecule has 0 atom stereocenters. The first kappa shape index (κ1) is 11.3. The molecule has 2 rings (SSSR count). The molecule has 17 heavy (non-hydrogen) atoms. The number of rotatable bonds is 3. The van der Waals surface area contributed by atoms with E-state index in [1.54, 1.807) is 19.4 Å². The van der Waals surface area contributed by atoms with Crippen LogP contribution in [0.3, 0.4) is 0 Å². The number of methoxy groups -OCH3 is 1. The molecule has 0 N–H and O–H groups in total. The Kier molecular flexibility index (Phi) is 3.14. The standard InChI is InChI=1S/C13H12N2O2/c1-9-3-4-11(12(7-9)17-2)13-14-6-5-10(8-16)15-13/h3-8H,1-2H3. The summed E-state index contributed by atoms with van der Waals surface area (Å²) in [5.74, 6) is 1.19. The molecule has 0 aliphatic heterocycles. The molecule has 1 aromatic heterocycles. The van der Waals surface area contributed by atoms with Crippen molar-refractivity contribution < 1.29 is 9.53 Å². The maximum absolute atomic E-state index is 10.7. The van der Waals surface area contributed by atoms with Crippen LogP contribution in [0.1, 0.15) is 16.1 Å². The Labute approximate surface area is 99.3 Å². The van der Waals surface area contributed by atoms with Crippen molar-refractivity contribution in [3.8, 4) is 17.1 Å². The predicted molar refractivity (Wildman–Crippen MR) is 64.1 cm³/mol. The van der Waals surface area contributed by atoms with Crippen LogP contribution in [-0.4, -0.2) is 23.4 Å². The van der Waals surface area contributed by atoms with E-state index in [-0.39, 0.29) is 0 Å². The number of carbonyl (C=O) groups is 1. The zero-order valence-electron chi connectivity index (χ0n) is 9.68. The SMILES string of the molecule is COc1cc(C)ccc1-c1nccc(C=O)n1. The van der Waals surface area contributed by atoms with Crippen molar-refractivity contribution in [2.75, 3.05) is 7.11 Å². The summed E-state index contributed by atoms with van der Waals surface area (Å²) in [6, 6.07) is 7.32. The minimum Gasteiger partial charge on any atom is -0.496 e. The Balaban J connectivity index is 2.55. The molecule has 4 nitrogen and oxygen atoms in total. The van der Waals surface area contributed by atoms with E-state index in [1.807, 2.05) is 25.1 Å². The van der Waals surface area contributed by atoms with Gasteiger partial charge in [0, 0.05) is 6.20 Å². The van der Waals surface area contributed by atoms with Crippen molar-refractivity contribution >= 4 is 6.29 Å². The van der Waals surface area contributed by atoms with Crippen LogP contribution in [0.5, 0.6) is 5.75 Å². The molecular formula is C13H12N2O2.